The van der Waals surface area contributed by atoms with E-state index in [1.165, 1.54) is 141 Å². The number of carbonyl (C=O) groups is 1. The second-order valence-corrected chi connectivity index (χ2v) is 16.3. The molecule has 1 aliphatic rings. The summed E-state index contributed by atoms with van der Waals surface area (Å²) in [6, 6.07) is -0.983. The first-order chi connectivity index (χ1) is 26.3. The lowest BCUT2D eigenvalue weighted by atomic mass is 9.98. The van der Waals surface area contributed by atoms with Gasteiger partial charge in [-0.05, 0) is 12.8 Å². The van der Waals surface area contributed by atoms with E-state index >= 15 is 0 Å². The summed E-state index contributed by atoms with van der Waals surface area (Å²) in [4.78, 5) is 13.0. The third-order valence-electron chi connectivity index (χ3n) is 11.3. The molecule has 1 rings (SSSR count). The molecule has 0 aliphatic carbocycles. The van der Waals surface area contributed by atoms with Crippen LogP contribution in [-0.4, -0.2) is 98.7 Å². The van der Waals surface area contributed by atoms with Crippen molar-refractivity contribution in [2.75, 3.05) is 13.2 Å². The Bertz CT molecular complexity index is 834. The van der Waals surface area contributed by atoms with Crippen LogP contribution < -0.4 is 5.32 Å². The average Bonchev–Trinajstić information content (AvgIpc) is 3.17. The zero-order valence-electron chi connectivity index (χ0n) is 34.9. The topological polar surface area (TPSA) is 169 Å². The first-order valence-corrected chi connectivity index (χ1v) is 22.8. The highest BCUT2D eigenvalue weighted by Gasteiger charge is 2.44. The zero-order chi connectivity index (χ0) is 39.7. The smallest absolute Gasteiger partial charge is 0.220 e. The van der Waals surface area contributed by atoms with Gasteiger partial charge in [-0.25, -0.2) is 0 Å². The summed E-state index contributed by atoms with van der Waals surface area (Å²) in [5.74, 6) is -0.255. The normalized spacial score (nSPS) is 22.0. The van der Waals surface area contributed by atoms with E-state index in [0.29, 0.717) is 6.42 Å². The van der Waals surface area contributed by atoms with Gasteiger partial charge < -0.3 is 45.4 Å². The number of amides is 1. The first-order valence-electron chi connectivity index (χ1n) is 22.8. The van der Waals surface area contributed by atoms with E-state index in [1.54, 1.807) is 0 Å². The average molecular weight is 774 g/mol. The molecular weight excluding hydrogens is 686 g/mol. The SMILES string of the molecule is CCCCCCCCCCCCCCCCC[C@@H](O)[C@@H](O)[C@H](CO[C@@H]1O[C@H](CO)[C@@H](O)C(O)C1O)NC(=O)CCCCCCCCCCCCCCCC. The Morgan fingerprint density at radius 3 is 1.37 bits per heavy atom. The van der Waals surface area contributed by atoms with Gasteiger partial charge in [0, 0.05) is 6.42 Å². The number of nitrogens with one attached hydrogen (secondary N) is 1. The molecule has 1 amide bonds. The lowest BCUT2D eigenvalue weighted by Crippen LogP contribution is -2.60. The Morgan fingerprint density at radius 2 is 0.963 bits per heavy atom. The molecular formula is C44H87NO9. The van der Waals surface area contributed by atoms with Crippen LogP contribution in [0.2, 0.25) is 0 Å². The van der Waals surface area contributed by atoms with Gasteiger partial charge in [-0.1, -0.05) is 194 Å². The van der Waals surface area contributed by atoms with Crippen molar-refractivity contribution in [3.63, 3.8) is 0 Å². The second kappa shape index (κ2) is 35.3. The molecule has 0 radical (unpaired) electrons. The number of aliphatic hydroxyl groups is 6. The van der Waals surface area contributed by atoms with Crippen molar-refractivity contribution in [1.82, 2.24) is 5.32 Å². The summed E-state index contributed by atoms with van der Waals surface area (Å²) in [5.41, 5.74) is 0. The number of hydrogen-bond donors (Lipinski definition) is 7. The molecule has 7 N–H and O–H groups in total. The fourth-order valence-electron chi connectivity index (χ4n) is 7.55. The van der Waals surface area contributed by atoms with Gasteiger partial charge in [0.25, 0.3) is 0 Å². The molecule has 10 nitrogen and oxygen atoms in total. The van der Waals surface area contributed by atoms with Gasteiger partial charge >= 0.3 is 0 Å². The number of ether oxygens (including phenoxy) is 2. The van der Waals surface area contributed by atoms with Crippen LogP contribution in [0.25, 0.3) is 0 Å². The molecule has 0 spiro atoms. The maximum atomic E-state index is 13.0. The van der Waals surface area contributed by atoms with Crippen molar-refractivity contribution in [3.05, 3.63) is 0 Å². The number of rotatable bonds is 38. The predicted molar refractivity (Wildman–Crippen MR) is 218 cm³/mol. The van der Waals surface area contributed by atoms with E-state index in [9.17, 15) is 35.4 Å². The minimum Gasteiger partial charge on any atom is -0.394 e. The number of aliphatic hydroxyl groups excluding tert-OH is 6. The maximum absolute atomic E-state index is 13.0. The van der Waals surface area contributed by atoms with Crippen molar-refractivity contribution in [3.8, 4) is 0 Å². The van der Waals surface area contributed by atoms with Crippen molar-refractivity contribution in [2.45, 2.75) is 262 Å². The van der Waals surface area contributed by atoms with Crippen LogP contribution in [-0.2, 0) is 14.3 Å². The standard InChI is InChI=1S/C44H87NO9/c1-3-5-7-9-11-13-15-17-19-20-22-24-26-28-30-32-37(47)40(49)36(35-53-44-43(52)42(51)41(50)38(34-46)54-44)45-39(48)33-31-29-27-25-23-21-18-16-14-12-10-8-6-4-2/h36-38,40-44,46-47,49-52H,3-35H2,1-2H3,(H,45,48)/t36-,37+,38+,40-,41+,42?,43?,44+/m0/s1. The van der Waals surface area contributed by atoms with Gasteiger partial charge in [0.2, 0.25) is 5.91 Å². The molecule has 1 fully saturated rings. The van der Waals surface area contributed by atoms with Crippen LogP contribution in [0.3, 0.4) is 0 Å². The van der Waals surface area contributed by atoms with Crippen LogP contribution in [0, 0.1) is 0 Å². The first kappa shape index (κ1) is 51.2. The maximum Gasteiger partial charge on any atom is 0.220 e. The van der Waals surface area contributed by atoms with Crippen LogP contribution >= 0.6 is 0 Å². The molecule has 0 aromatic rings. The minimum absolute atomic E-state index is 0.255. The highest BCUT2D eigenvalue weighted by molar-refractivity contribution is 5.76. The van der Waals surface area contributed by atoms with Crippen molar-refractivity contribution < 1.29 is 44.9 Å². The number of carbonyl (C=O) groups excluding carboxylic acids is 1. The second-order valence-electron chi connectivity index (χ2n) is 16.3. The molecule has 2 unspecified atom stereocenters. The number of unbranched alkanes of at least 4 members (excludes halogenated alkanes) is 27. The molecule has 0 aromatic carbocycles. The molecule has 1 aliphatic heterocycles. The van der Waals surface area contributed by atoms with Gasteiger partial charge in [0.15, 0.2) is 6.29 Å². The van der Waals surface area contributed by atoms with Crippen molar-refractivity contribution >= 4 is 5.91 Å². The van der Waals surface area contributed by atoms with Crippen LogP contribution in [0.4, 0.5) is 0 Å². The molecule has 0 aromatic heterocycles. The molecule has 0 saturated carbocycles. The van der Waals surface area contributed by atoms with Gasteiger partial charge in [0.05, 0.1) is 25.4 Å². The van der Waals surface area contributed by atoms with E-state index in [1.807, 2.05) is 0 Å². The summed E-state index contributed by atoms with van der Waals surface area (Å²) >= 11 is 0. The Hall–Kier alpha value is -0.850. The van der Waals surface area contributed by atoms with Crippen LogP contribution in [0.15, 0.2) is 0 Å². The summed E-state index contributed by atoms with van der Waals surface area (Å²) in [6.07, 6.45) is 26.7. The predicted octanol–water partition coefficient (Wildman–Crippen LogP) is 8.14. The Kier molecular flexibility index (Phi) is 33.5. The molecule has 1 saturated heterocycles. The number of hydrogen-bond acceptors (Lipinski definition) is 9. The van der Waals surface area contributed by atoms with E-state index < -0.39 is 55.6 Å². The summed E-state index contributed by atoms with van der Waals surface area (Å²) in [7, 11) is 0. The monoisotopic (exact) mass is 774 g/mol. The lowest BCUT2D eigenvalue weighted by molar-refractivity contribution is -0.303. The van der Waals surface area contributed by atoms with Gasteiger partial charge in [0.1, 0.15) is 30.5 Å². The van der Waals surface area contributed by atoms with Gasteiger partial charge in [-0.2, -0.15) is 0 Å². The van der Waals surface area contributed by atoms with Gasteiger partial charge in [-0.15, -0.1) is 0 Å². The van der Waals surface area contributed by atoms with Crippen LogP contribution in [0.1, 0.15) is 213 Å². The lowest BCUT2D eigenvalue weighted by Gasteiger charge is -2.40. The summed E-state index contributed by atoms with van der Waals surface area (Å²) in [5, 5.41) is 65.1. The Balaban J connectivity index is 2.40. The fraction of sp³-hybridized carbons (Fsp3) is 0.977. The van der Waals surface area contributed by atoms with E-state index in [2.05, 4.69) is 19.2 Å². The van der Waals surface area contributed by atoms with E-state index in [-0.39, 0.29) is 18.9 Å². The van der Waals surface area contributed by atoms with E-state index in [0.717, 1.165) is 44.9 Å². The summed E-state index contributed by atoms with van der Waals surface area (Å²) in [6.45, 7) is 3.61. The molecule has 8 atom stereocenters. The molecule has 1 heterocycles. The van der Waals surface area contributed by atoms with Crippen molar-refractivity contribution in [2.24, 2.45) is 0 Å². The minimum atomic E-state index is -1.60. The highest BCUT2D eigenvalue weighted by atomic mass is 16.7. The Labute approximate surface area is 330 Å². The summed E-state index contributed by atoms with van der Waals surface area (Å²) < 4.78 is 11.2. The Morgan fingerprint density at radius 1 is 0.574 bits per heavy atom. The van der Waals surface area contributed by atoms with Gasteiger partial charge in [-0.3, -0.25) is 4.79 Å². The third-order valence-corrected chi connectivity index (χ3v) is 11.3. The largest absolute Gasteiger partial charge is 0.394 e. The molecule has 0 bridgehead atoms. The quantitative estimate of drug-likeness (QED) is 0.0306. The zero-order valence-corrected chi connectivity index (χ0v) is 34.9. The molecule has 10 heteroatoms. The molecule has 54 heavy (non-hydrogen) atoms. The van der Waals surface area contributed by atoms with Crippen LogP contribution in [0.5, 0.6) is 0 Å². The molecule has 322 valence electrons. The van der Waals surface area contributed by atoms with Crippen molar-refractivity contribution in [1.29, 1.82) is 0 Å². The highest BCUT2D eigenvalue weighted by Crippen LogP contribution is 2.23. The third kappa shape index (κ3) is 25.4. The van der Waals surface area contributed by atoms with E-state index in [4.69, 9.17) is 9.47 Å². The fourth-order valence-corrected chi connectivity index (χ4v) is 7.55.